The molecule has 2 rings (SSSR count). The van der Waals surface area contributed by atoms with Gasteiger partial charge in [-0.1, -0.05) is 30.3 Å². The van der Waals surface area contributed by atoms with Gasteiger partial charge in [-0.25, -0.2) is 0 Å². The maximum absolute atomic E-state index is 11.8. The molecule has 0 spiro atoms. The lowest BCUT2D eigenvalue weighted by molar-refractivity contribution is 0.0940. The van der Waals surface area contributed by atoms with Crippen molar-refractivity contribution in [2.24, 2.45) is 0 Å². The molecule has 2 aromatic rings. The van der Waals surface area contributed by atoms with E-state index in [1.807, 2.05) is 30.3 Å². The lowest BCUT2D eigenvalue weighted by Gasteiger charge is -2.15. The fourth-order valence-corrected chi connectivity index (χ4v) is 1.87. The molecule has 1 aromatic heterocycles. The summed E-state index contributed by atoms with van der Waals surface area (Å²) in [5, 5.41) is 9.24. The Morgan fingerprint density at radius 2 is 2.17 bits per heavy atom. The average Bonchev–Trinajstić information content (AvgIpc) is 2.93. The van der Waals surface area contributed by atoms with E-state index in [1.54, 1.807) is 6.20 Å². The molecule has 0 aliphatic carbocycles. The Labute approximate surface area is 110 Å². The number of H-pyrrole nitrogens is 1. The second kappa shape index (κ2) is 6.21. The Kier molecular flexibility index (Phi) is 4.36. The van der Waals surface area contributed by atoms with Crippen molar-refractivity contribution in [1.82, 2.24) is 15.5 Å². The van der Waals surface area contributed by atoms with Crippen LogP contribution in [0.4, 0.5) is 0 Å². The van der Waals surface area contributed by atoms with Gasteiger partial charge in [0.1, 0.15) is 0 Å². The van der Waals surface area contributed by atoms with E-state index in [0.717, 1.165) is 5.56 Å². The molecule has 94 valence electrons. The van der Waals surface area contributed by atoms with Gasteiger partial charge < -0.3 is 5.32 Å². The number of carbonyl (C=O) groups excluding carboxylic acids is 1. The van der Waals surface area contributed by atoms with E-state index in [-0.39, 0.29) is 11.9 Å². The summed E-state index contributed by atoms with van der Waals surface area (Å²) in [5.74, 6) is 0.212. The molecule has 0 radical (unpaired) electrons. The Morgan fingerprint density at radius 3 is 2.78 bits per heavy atom. The first-order valence-corrected chi connectivity index (χ1v) is 6.22. The van der Waals surface area contributed by atoms with Crippen LogP contribution in [-0.2, 0) is 6.42 Å². The molecule has 0 aliphatic heterocycles. The zero-order valence-corrected chi connectivity index (χ0v) is 10.5. The van der Waals surface area contributed by atoms with Crippen LogP contribution in [0.2, 0.25) is 0 Å². The largest absolute Gasteiger partial charge is 0.348 e. The minimum absolute atomic E-state index is 0.0866. The number of benzene rings is 1. The third-order valence-corrected chi connectivity index (χ3v) is 2.98. The normalized spacial score (nSPS) is 12.1. The molecule has 0 saturated heterocycles. The summed E-state index contributed by atoms with van der Waals surface area (Å²) in [5.41, 5.74) is 1.66. The Balaban J connectivity index is 1.96. The van der Waals surface area contributed by atoms with Gasteiger partial charge >= 0.3 is 0 Å². The molecular weight excluding hydrogens is 250 g/mol. The van der Waals surface area contributed by atoms with Gasteiger partial charge in [0, 0.05) is 18.1 Å². The van der Waals surface area contributed by atoms with Gasteiger partial charge in [-0.15, -0.1) is 11.6 Å². The number of hydrogen-bond donors (Lipinski definition) is 2. The van der Waals surface area contributed by atoms with E-state index >= 15 is 0 Å². The van der Waals surface area contributed by atoms with E-state index in [2.05, 4.69) is 15.5 Å². The molecule has 0 aliphatic rings. The van der Waals surface area contributed by atoms with Crippen LogP contribution < -0.4 is 5.32 Å². The molecule has 2 N–H and O–H groups in total. The van der Waals surface area contributed by atoms with Crippen LogP contribution in [0.15, 0.2) is 42.7 Å². The van der Waals surface area contributed by atoms with Gasteiger partial charge in [-0.05, 0) is 12.0 Å². The first-order valence-electron chi connectivity index (χ1n) is 5.69. The number of alkyl halides is 1. The standard InChI is InChI=1S/C13H14ClN3O/c14-7-12(6-10-4-2-1-3-5-10)17-13(18)11-8-15-16-9-11/h1-5,8-9,12H,6-7H2,(H,15,16)(H,17,18). The zero-order valence-electron chi connectivity index (χ0n) is 9.77. The first kappa shape index (κ1) is 12.6. The van der Waals surface area contributed by atoms with Crippen LogP contribution >= 0.6 is 11.6 Å². The van der Waals surface area contributed by atoms with Crippen LogP contribution in [0, 0.1) is 0 Å². The molecule has 0 bridgehead atoms. The molecule has 1 atom stereocenters. The molecule has 1 heterocycles. The molecule has 5 heteroatoms. The predicted octanol–water partition coefficient (Wildman–Crippen LogP) is 1.99. The summed E-state index contributed by atoms with van der Waals surface area (Å²) < 4.78 is 0. The number of hydrogen-bond acceptors (Lipinski definition) is 2. The summed E-state index contributed by atoms with van der Waals surface area (Å²) in [6.07, 6.45) is 3.76. The average molecular weight is 264 g/mol. The number of nitrogens with one attached hydrogen (secondary N) is 2. The minimum Gasteiger partial charge on any atom is -0.348 e. The van der Waals surface area contributed by atoms with E-state index in [1.165, 1.54) is 6.20 Å². The Bertz CT molecular complexity index is 484. The van der Waals surface area contributed by atoms with E-state index in [9.17, 15) is 4.79 Å². The van der Waals surface area contributed by atoms with Gasteiger partial charge in [0.15, 0.2) is 0 Å². The van der Waals surface area contributed by atoms with E-state index in [0.29, 0.717) is 17.9 Å². The zero-order chi connectivity index (χ0) is 12.8. The Hall–Kier alpha value is -1.81. The molecule has 18 heavy (non-hydrogen) atoms. The van der Waals surface area contributed by atoms with Crippen molar-refractivity contribution in [3.05, 3.63) is 53.9 Å². The lowest BCUT2D eigenvalue weighted by atomic mass is 10.1. The Morgan fingerprint density at radius 1 is 1.39 bits per heavy atom. The predicted molar refractivity (Wildman–Crippen MR) is 70.7 cm³/mol. The van der Waals surface area contributed by atoms with Crippen LogP contribution in [-0.4, -0.2) is 28.0 Å². The highest BCUT2D eigenvalue weighted by atomic mass is 35.5. The fraction of sp³-hybridized carbons (Fsp3) is 0.231. The summed E-state index contributed by atoms with van der Waals surface area (Å²) in [7, 11) is 0. The monoisotopic (exact) mass is 263 g/mol. The maximum atomic E-state index is 11.8. The highest BCUT2D eigenvalue weighted by molar-refractivity contribution is 6.18. The number of carbonyl (C=O) groups is 1. The summed E-state index contributed by atoms with van der Waals surface area (Å²) in [4.78, 5) is 11.8. The maximum Gasteiger partial charge on any atom is 0.254 e. The van der Waals surface area contributed by atoms with Crippen LogP contribution in [0.3, 0.4) is 0 Å². The van der Waals surface area contributed by atoms with Gasteiger partial charge in [0.05, 0.1) is 11.8 Å². The third-order valence-electron chi connectivity index (χ3n) is 2.61. The van der Waals surface area contributed by atoms with Crippen molar-refractivity contribution in [1.29, 1.82) is 0 Å². The van der Waals surface area contributed by atoms with Crippen molar-refractivity contribution in [2.45, 2.75) is 12.5 Å². The van der Waals surface area contributed by atoms with Crippen molar-refractivity contribution in [3.63, 3.8) is 0 Å². The van der Waals surface area contributed by atoms with Gasteiger partial charge in [-0.3, -0.25) is 9.89 Å². The molecule has 1 amide bonds. The lowest BCUT2D eigenvalue weighted by Crippen LogP contribution is -2.37. The third kappa shape index (κ3) is 3.34. The quantitative estimate of drug-likeness (QED) is 0.811. The van der Waals surface area contributed by atoms with Gasteiger partial charge in [0.25, 0.3) is 5.91 Å². The molecule has 1 aromatic carbocycles. The SMILES string of the molecule is O=C(NC(CCl)Cc1ccccc1)c1cn[nH]c1. The van der Waals surface area contributed by atoms with Crippen molar-refractivity contribution in [3.8, 4) is 0 Å². The van der Waals surface area contributed by atoms with Crippen LogP contribution in [0.5, 0.6) is 0 Å². The molecule has 1 unspecified atom stereocenters. The number of aromatic nitrogens is 2. The topological polar surface area (TPSA) is 57.8 Å². The number of amides is 1. The van der Waals surface area contributed by atoms with Gasteiger partial charge in [0.2, 0.25) is 0 Å². The molecule has 0 fully saturated rings. The second-order valence-corrected chi connectivity index (χ2v) is 4.31. The van der Waals surface area contributed by atoms with Crippen molar-refractivity contribution >= 4 is 17.5 Å². The molecule has 0 saturated carbocycles. The second-order valence-electron chi connectivity index (χ2n) is 4.00. The van der Waals surface area contributed by atoms with Crippen molar-refractivity contribution < 1.29 is 4.79 Å². The summed E-state index contributed by atoms with van der Waals surface area (Å²) >= 11 is 5.88. The number of rotatable bonds is 5. The van der Waals surface area contributed by atoms with Crippen LogP contribution in [0.25, 0.3) is 0 Å². The minimum atomic E-state index is -0.162. The van der Waals surface area contributed by atoms with E-state index < -0.39 is 0 Å². The first-order chi connectivity index (χ1) is 8.79. The summed E-state index contributed by atoms with van der Waals surface area (Å²) in [6, 6.07) is 9.85. The van der Waals surface area contributed by atoms with Gasteiger partial charge in [-0.2, -0.15) is 5.10 Å². The molecule has 4 nitrogen and oxygen atoms in total. The number of aromatic amines is 1. The molecular formula is C13H14ClN3O. The summed E-state index contributed by atoms with van der Waals surface area (Å²) in [6.45, 7) is 0. The van der Waals surface area contributed by atoms with Crippen LogP contribution in [0.1, 0.15) is 15.9 Å². The fourth-order valence-electron chi connectivity index (χ4n) is 1.69. The smallest absolute Gasteiger partial charge is 0.254 e. The highest BCUT2D eigenvalue weighted by Gasteiger charge is 2.14. The number of nitrogens with zero attached hydrogens (tertiary/aromatic N) is 1. The van der Waals surface area contributed by atoms with E-state index in [4.69, 9.17) is 11.6 Å². The highest BCUT2D eigenvalue weighted by Crippen LogP contribution is 2.05. The number of halogens is 1. The van der Waals surface area contributed by atoms with Crippen molar-refractivity contribution in [2.75, 3.05) is 5.88 Å².